The largest absolute Gasteiger partial charge is 0.394 e. The second-order valence-corrected chi connectivity index (χ2v) is 16.0. The Morgan fingerprint density at radius 1 is 0.375 bits per heavy atom. The van der Waals surface area contributed by atoms with Gasteiger partial charge in [0.05, 0.1) is 13.2 Å². The van der Waals surface area contributed by atoms with Gasteiger partial charge in [0.2, 0.25) is 0 Å². The fourth-order valence-corrected chi connectivity index (χ4v) is 6.90. The molecular formula is C22H56O8P2. The SMILES string of the molecule is CCCCCP(O)(O)(O)CCCCC.CCCCCP(O)(O)(O)CCCCC.OCCO. The van der Waals surface area contributed by atoms with Crippen LogP contribution in [0.15, 0.2) is 0 Å². The van der Waals surface area contributed by atoms with Gasteiger partial charge < -0.3 is 10.2 Å². The molecule has 0 atom stereocenters. The molecule has 0 saturated heterocycles. The smallest absolute Gasteiger partial charge is 0.0662 e. The van der Waals surface area contributed by atoms with Gasteiger partial charge in [0.1, 0.15) is 0 Å². The minimum Gasteiger partial charge on any atom is -0.394 e. The Morgan fingerprint density at radius 2 is 0.562 bits per heavy atom. The Hall–Kier alpha value is 0.540. The topological polar surface area (TPSA) is 162 Å². The number of hydrogen-bond acceptors (Lipinski definition) is 8. The zero-order chi connectivity index (χ0) is 25.6. The summed E-state index contributed by atoms with van der Waals surface area (Å²) in [6.45, 7) is 7.97. The van der Waals surface area contributed by atoms with Crippen molar-refractivity contribution in [2.45, 2.75) is 105 Å². The molecule has 0 radical (unpaired) electrons. The van der Waals surface area contributed by atoms with E-state index in [0.717, 1.165) is 51.4 Å². The third-order valence-electron chi connectivity index (χ3n) is 4.98. The summed E-state index contributed by atoms with van der Waals surface area (Å²) in [5.74, 6) is 0. The molecule has 32 heavy (non-hydrogen) atoms. The van der Waals surface area contributed by atoms with Crippen molar-refractivity contribution in [1.82, 2.24) is 0 Å². The van der Waals surface area contributed by atoms with Crippen molar-refractivity contribution in [2.24, 2.45) is 0 Å². The van der Waals surface area contributed by atoms with Crippen LogP contribution in [0.25, 0.3) is 0 Å². The monoisotopic (exact) mass is 510 g/mol. The molecule has 0 aliphatic rings. The third kappa shape index (κ3) is 30.5. The maximum Gasteiger partial charge on any atom is 0.0662 e. The van der Waals surface area contributed by atoms with E-state index in [2.05, 4.69) is 27.7 Å². The Bertz CT molecular complexity index is 340. The average Bonchev–Trinajstić information content (AvgIpc) is 2.68. The van der Waals surface area contributed by atoms with Crippen molar-refractivity contribution >= 4 is 14.6 Å². The van der Waals surface area contributed by atoms with Crippen molar-refractivity contribution in [2.75, 3.05) is 37.9 Å². The first-order valence-corrected chi connectivity index (χ1v) is 17.4. The van der Waals surface area contributed by atoms with Gasteiger partial charge in [0.25, 0.3) is 0 Å². The Labute approximate surface area is 197 Å². The summed E-state index contributed by atoms with van der Waals surface area (Å²) in [5.41, 5.74) is 0. The van der Waals surface area contributed by atoms with E-state index < -0.39 is 14.6 Å². The van der Waals surface area contributed by atoms with E-state index in [0.29, 0.717) is 25.7 Å². The van der Waals surface area contributed by atoms with E-state index in [1.807, 2.05) is 0 Å². The fraction of sp³-hybridized carbons (Fsp3) is 1.00. The summed E-state index contributed by atoms with van der Waals surface area (Å²) in [6.07, 6.45) is 11.5. The van der Waals surface area contributed by atoms with Crippen LogP contribution in [-0.4, -0.2) is 77.4 Å². The van der Waals surface area contributed by atoms with Crippen LogP contribution >= 0.6 is 14.6 Å². The van der Waals surface area contributed by atoms with Gasteiger partial charge in [-0.2, -0.15) is 0 Å². The molecule has 0 aromatic heterocycles. The normalized spacial score (nSPS) is 14.1. The molecule has 8 nitrogen and oxygen atoms in total. The number of aliphatic hydroxyl groups excluding tert-OH is 2. The predicted molar refractivity (Wildman–Crippen MR) is 139 cm³/mol. The third-order valence-corrected chi connectivity index (χ3v) is 9.91. The van der Waals surface area contributed by atoms with Crippen LogP contribution < -0.4 is 0 Å². The number of hydrogen-bond donors (Lipinski definition) is 8. The maximum atomic E-state index is 9.67. The molecule has 0 aromatic rings. The van der Waals surface area contributed by atoms with Crippen LogP contribution in [0, 0.1) is 0 Å². The van der Waals surface area contributed by atoms with Crippen LogP contribution in [0.3, 0.4) is 0 Å². The molecule has 0 bridgehead atoms. The molecule has 0 spiro atoms. The summed E-state index contributed by atoms with van der Waals surface area (Å²) >= 11 is 0. The Balaban J connectivity index is -0.000000450. The zero-order valence-corrected chi connectivity index (χ0v) is 23.0. The quantitative estimate of drug-likeness (QED) is 0.106. The van der Waals surface area contributed by atoms with Crippen molar-refractivity contribution in [3.05, 3.63) is 0 Å². The van der Waals surface area contributed by atoms with E-state index in [4.69, 9.17) is 10.2 Å². The van der Waals surface area contributed by atoms with Crippen LogP contribution in [0.1, 0.15) is 105 Å². The molecule has 0 saturated carbocycles. The van der Waals surface area contributed by atoms with Gasteiger partial charge in [-0.05, 0) is 0 Å². The molecule has 0 unspecified atom stereocenters. The summed E-state index contributed by atoms with van der Waals surface area (Å²) in [7, 11) is -8.48. The van der Waals surface area contributed by atoms with Crippen molar-refractivity contribution in [1.29, 1.82) is 0 Å². The van der Waals surface area contributed by atoms with Crippen LogP contribution in [-0.2, 0) is 0 Å². The van der Waals surface area contributed by atoms with E-state index >= 15 is 0 Å². The summed E-state index contributed by atoms with van der Waals surface area (Å²) < 4.78 is 0. The number of unbranched alkanes of at least 4 members (excludes halogenated alkanes) is 8. The van der Waals surface area contributed by atoms with Crippen LogP contribution in [0.2, 0.25) is 0 Å². The minimum absolute atomic E-state index is 0.125. The molecule has 0 heterocycles. The Morgan fingerprint density at radius 3 is 0.688 bits per heavy atom. The van der Waals surface area contributed by atoms with Crippen molar-refractivity contribution < 1.29 is 39.6 Å². The first kappa shape index (κ1) is 37.1. The second-order valence-electron chi connectivity index (χ2n) is 8.85. The molecule has 0 aliphatic carbocycles. The van der Waals surface area contributed by atoms with E-state index in [1.54, 1.807) is 0 Å². The number of rotatable bonds is 17. The summed E-state index contributed by atoms with van der Waals surface area (Å²) in [5, 5.41) is 15.2. The van der Waals surface area contributed by atoms with Gasteiger partial charge in [-0.3, -0.25) is 0 Å². The summed E-state index contributed by atoms with van der Waals surface area (Å²) in [6, 6.07) is 0. The van der Waals surface area contributed by atoms with Crippen LogP contribution in [0.4, 0.5) is 0 Å². The van der Waals surface area contributed by atoms with Gasteiger partial charge in [-0.25, -0.2) is 0 Å². The molecule has 0 rings (SSSR count). The van der Waals surface area contributed by atoms with Gasteiger partial charge >= 0.3 is 173 Å². The molecular weight excluding hydrogens is 454 g/mol. The summed E-state index contributed by atoms with van der Waals surface area (Å²) in [4.78, 5) is 58.0. The first-order valence-electron chi connectivity index (χ1n) is 12.4. The molecule has 0 aromatic carbocycles. The minimum atomic E-state index is -4.24. The second kappa shape index (κ2) is 19.8. The van der Waals surface area contributed by atoms with Gasteiger partial charge in [-0.1, -0.05) is 0 Å². The molecule has 10 heteroatoms. The van der Waals surface area contributed by atoms with Crippen molar-refractivity contribution in [3.8, 4) is 0 Å². The number of aliphatic hydroxyl groups is 2. The molecule has 0 amide bonds. The predicted octanol–water partition coefficient (Wildman–Crippen LogP) is 4.26. The molecule has 202 valence electrons. The molecule has 0 fully saturated rings. The fourth-order valence-electron chi connectivity index (χ4n) is 2.97. The zero-order valence-electron chi connectivity index (χ0n) is 21.2. The van der Waals surface area contributed by atoms with E-state index in [9.17, 15) is 29.4 Å². The van der Waals surface area contributed by atoms with Gasteiger partial charge in [0.15, 0.2) is 0 Å². The Kier molecular flexibility index (Phi) is 23.0. The van der Waals surface area contributed by atoms with Gasteiger partial charge in [0, 0.05) is 0 Å². The van der Waals surface area contributed by atoms with Crippen LogP contribution in [0.5, 0.6) is 0 Å². The van der Waals surface area contributed by atoms with Crippen molar-refractivity contribution in [3.63, 3.8) is 0 Å². The molecule has 0 aliphatic heterocycles. The van der Waals surface area contributed by atoms with E-state index in [1.165, 1.54) is 0 Å². The van der Waals surface area contributed by atoms with Gasteiger partial charge in [-0.15, -0.1) is 0 Å². The van der Waals surface area contributed by atoms with E-state index in [-0.39, 0.29) is 37.9 Å². The maximum absolute atomic E-state index is 9.67. The average molecular weight is 511 g/mol. The first-order chi connectivity index (χ1) is 14.7. The molecule has 8 N–H and O–H groups in total. The standard InChI is InChI=1S/2C10H25O3P.C2H6O2/c2*1-3-5-7-9-14(11,12,13)10-8-6-4-2;3-1-2-4/h2*11-13H,3-10H2,1-2H3;3-4H,1-2H2.